The number of aromatic amines is 1. The molecule has 5 rings (SSSR count). The van der Waals surface area contributed by atoms with Gasteiger partial charge in [-0.3, -0.25) is 9.69 Å². The van der Waals surface area contributed by atoms with E-state index in [1.165, 1.54) is 11.1 Å². The highest BCUT2D eigenvalue weighted by atomic mass is 16.1. The zero-order valence-electron chi connectivity index (χ0n) is 20.4. The number of fused-ring (bicyclic) bond motifs is 1. The summed E-state index contributed by atoms with van der Waals surface area (Å²) >= 11 is 0. The average Bonchev–Trinajstić information content (AvgIpc) is 3.37. The molecule has 8 heteroatoms. The van der Waals surface area contributed by atoms with Gasteiger partial charge in [0.1, 0.15) is 11.3 Å². The van der Waals surface area contributed by atoms with Crippen LogP contribution in [0.1, 0.15) is 60.6 Å². The Labute approximate surface area is 211 Å². The molecule has 0 unspecified atom stereocenters. The number of hydrogen-bond acceptors (Lipinski definition) is 6. The Balaban J connectivity index is 1.36. The molecule has 36 heavy (non-hydrogen) atoms. The molecule has 1 amide bonds. The summed E-state index contributed by atoms with van der Waals surface area (Å²) in [5, 5.41) is 11.1. The van der Waals surface area contributed by atoms with E-state index in [-0.39, 0.29) is 18.4 Å². The van der Waals surface area contributed by atoms with Crippen molar-refractivity contribution < 1.29 is 4.79 Å². The first-order chi connectivity index (χ1) is 17.6. The molecule has 0 saturated heterocycles. The lowest BCUT2D eigenvalue weighted by Gasteiger charge is -2.37. The number of H-pyrrole nitrogens is 1. The number of nitrogens with one attached hydrogen (secondary N) is 1. The summed E-state index contributed by atoms with van der Waals surface area (Å²) in [7, 11) is 0. The third kappa shape index (κ3) is 5.39. The van der Waals surface area contributed by atoms with Crippen molar-refractivity contribution in [1.29, 1.82) is 0 Å². The molecule has 2 heterocycles. The van der Waals surface area contributed by atoms with E-state index < -0.39 is 0 Å². The van der Waals surface area contributed by atoms with Crippen LogP contribution in [0.4, 0.5) is 5.82 Å². The minimum Gasteiger partial charge on any atom is -0.384 e. The lowest BCUT2D eigenvalue weighted by molar-refractivity contribution is -0.119. The lowest BCUT2D eigenvalue weighted by Crippen LogP contribution is -2.43. The Morgan fingerprint density at radius 2 is 1.72 bits per heavy atom. The Bertz CT molecular complexity index is 1280. The number of rotatable bonds is 9. The largest absolute Gasteiger partial charge is 0.384 e. The second kappa shape index (κ2) is 10.9. The van der Waals surface area contributed by atoms with Gasteiger partial charge in [-0.25, -0.2) is 10.1 Å². The molecule has 2 aromatic carbocycles. The van der Waals surface area contributed by atoms with Gasteiger partial charge in [-0.15, -0.1) is 5.10 Å². The smallest absolute Gasteiger partial charge is 0.231 e. The Kier molecular flexibility index (Phi) is 7.23. The van der Waals surface area contributed by atoms with Gasteiger partial charge in [0, 0.05) is 12.0 Å². The van der Waals surface area contributed by atoms with Crippen molar-refractivity contribution >= 4 is 22.9 Å². The number of anilines is 1. The number of pyridine rings is 1. The number of primary amides is 1. The van der Waals surface area contributed by atoms with Gasteiger partial charge in [0.05, 0.1) is 6.54 Å². The standard InChI is InChI=1S/C28H33N7O/c29-25-17-24(27-28(31-25)33-34-32-27)23(21-9-5-2-6-10-21)15-16-35(18-26(30)36)22-13-11-20(12-14-22)19-7-3-1-4-8-19/h1-10,17,20,22-23H,11-16,18H2,(H2,30,36)(H3,29,31,32,33,34)/t20-,22-,23-/m1/s1. The molecular formula is C28H33N7O. The summed E-state index contributed by atoms with van der Waals surface area (Å²) in [6.45, 7) is 1.00. The number of nitrogens with zero attached hydrogens (tertiary/aromatic N) is 4. The number of aromatic nitrogens is 4. The molecule has 5 N–H and O–H groups in total. The van der Waals surface area contributed by atoms with Crippen molar-refractivity contribution in [3.63, 3.8) is 0 Å². The molecule has 0 aliphatic heterocycles. The lowest BCUT2D eigenvalue weighted by atomic mass is 9.81. The van der Waals surface area contributed by atoms with Crippen LogP contribution in [0.2, 0.25) is 0 Å². The Hall–Kier alpha value is -3.78. The molecular weight excluding hydrogens is 450 g/mol. The van der Waals surface area contributed by atoms with Crippen LogP contribution >= 0.6 is 0 Å². The van der Waals surface area contributed by atoms with Crippen molar-refractivity contribution in [3.05, 3.63) is 83.4 Å². The molecule has 0 radical (unpaired) electrons. The van der Waals surface area contributed by atoms with Crippen molar-refractivity contribution in [2.75, 3.05) is 18.8 Å². The summed E-state index contributed by atoms with van der Waals surface area (Å²) in [6.07, 6.45) is 5.14. The molecule has 4 aromatic rings. The number of carbonyl (C=O) groups is 1. The van der Waals surface area contributed by atoms with Crippen LogP contribution in [-0.2, 0) is 4.79 Å². The minimum absolute atomic E-state index is 0.0279. The quantitative estimate of drug-likeness (QED) is 0.331. The van der Waals surface area contributed by atoms with Crippen LogP contribution in [0, 0.1) is 0 Å². The first kappa shape index (κ1) is 23.9. The van der Waals surface area contributed by atoms with Crippen molar-refractivity contribution in [2.45, 2.75) is 50.0 Å². The minimum atomic E-state index is -0.288. The average molecular weight is 484 g/mol. The Morgan fingerprint density at radius 3 is 2.42 bits per heavy atom. The van der Waals surface area contributed by atoms with Gasteiger partial charge in [0.2, 0.25) is 5.91 Å². The van der Waals surface area contributed by atoms with E-state index in [0.29, 0.717) is 23.4 Å². The van der Waals surface area contributed by atoms with E-state index in [0.717, 1.165) is 49.7 Å². The second-order valence-electron chi connectivity index (χ2n) is 9.75. The number of nitrogens with two attached hydrogens (primary N) is 2. The third-order valence-electron chi connectivity index (χ3n) is 7.47. The van der Waals surface area contributed by atoms with Crippen molar-refractivity contribution in [3.8, 4) is 0 Å². The van der Waals surface area contributed by atoms with Crippen molar-refractivity contribution in [2.24, 2.45) is 5.73 Å². The predicted octanol–water partition coefficient (Wildman–Crippen LogP) is 3.97. The van der Waals surface area contributed by atoms with Crippen molar-refractivity contribution in [1.82, 2.24) is 25.3 Å². The molecule has 0 spiro atoms. The molecule has 1 atom stereocenters. The molecule has 8 nitrogen and oxygen atoms in total. The number of nitrogen functional groups attached to an aromatic ring is 1. The van der Waals surface area contributed by atoms with Gasteiger partial charge in [-0.1, -0.05) is 65.9 Å². The fraction of sp³-hybridized carbons (Fsp3) is 0.357. The molecule has 0 bridgehead atoms. The molecule has 186 valence electrons. The maximum Gasteiger partial charge on any atom is 0.231 e. The number of hydrogen-bond donors (Lipinski definition) is 3. The van der Waals surface area contributed by atoms with Gasteiger partial charge >= 0.3 is 0 Å². The zero-order valence-corrected chi connectivity index (χ0v) is 20.4. The van der Waals surface area contributed by atoms with Crippen LogP contribution in [0.3, 0.4) is 0 Å². The summed E-state index contributed by atoms with van der Waals surface area (Å²) < 4.78 is 0. The first-order valence-corrected chi connectivity index (χ1v) is 12.7. The third-order valence-corrected chi connectivity index (χ3v) is 7.47. The summed E-state index contributed by atoms with van der Waals surface area (Å²) in [6, 6.07) is 23.3. The number of benzene rings is 2. The van der Waals surface area contributed by atoms with Crippen LogP contribution < -0.4 is 11.5 Å². The van der Waals surface area contributed by atoms with Crippen LogP contribution in [0.25, 0.3) is 11.2 Å². The van der Waals surface area contributed by atoms with Gasteiger partial charge in [-0.2, -0.15) is 0 Å². The first-order valence-electron chi connectivity index (χ1n) is 12.7. The molecule has 1 fully saturated rings. The summed E-state index contributed by atoms with van der Waals surface area (Å²) in [5.74, 6) is 0.747. The molecule has 1 aliphatic carbocycles. The van der Waals surface area contributed by atoms with Crippen LogP contribution in [0.15, 0.2) is 66.7 Å². The molecule has 2 aromatic heterocycles. The second-order valence-corrected chi connectivity index (χ2v) is 9.75. The van der Waals surface area contributed by atoms with E-state index in [2.05, 4.69) is 67.8 Å². The van der Waals surface area contributed by atoms with Gasteiger partial charge in [-0.05, 0) is 67.3 Å². The summed E-state index contributed by atoms with van der Waals surface area (Å²) in [4.78, 5) is 18.7. The number of carbonyl (C=O) groups excluding carboxylic acids is 1. The van der Waals surface area contributed by atoms with E-state index in [1.54, 1.807) is 0 Å². The van der Waals surface area contributed by atoms with Gasteiger partial charge in [0.15, 0.2) is 5.65 Å². The zero-order chi connectivity index (χ0) is 24.9. The molecule has 1 saturated carbocycles. The fourth-order valence-electron chi connectivity index (χ4n) is 5.72. The molecule has 1 aliphatic rings. The van der Waals surface area contributed by atoms with E-state index in [4.69, 9.17) is 11.5 Å². The number of amides is 1. The monoisotopic (exact) mass is 483 g/mol. The van der Waals surface area contributed by atoms with E-state index >= 15 is 0 Å². The summed E-state index contributed by atoms with van der Waals surface area (Å²) in [5.41, 5.74) is 16.7. The van der Waals surface area contributed by atoms with Gasteiger partial charge in [0.25, 0.3) is 0 Å². The van der Waals surface area contributed by atoms with E-state index in [1.807, 2.05) is 24.3 Å². The Morgan fingerprint density at radius 1 is 1.03 bits per heavy atom. The van der Waals surface area contributed by atoms with Crippen LogP contribution in [0.5, 0.6) is 0 Å². The maximum absolute atomic E-state index is 12.0. The highest BCUT2D eigenvalue weighted by molar-refractivity contribution is 5.77. The topological polar surface area (TPSA) is 127 Å². The predicted molar refractivity (Wildman–Crippen MR) is 141 cm³/mol. The SMILES string of the molecule is NC(=O)CN(CC[C@H](c1ccccc1)c1cc(N)nc2[nH]nnc12)[C@H]1CC[C@H](c2ccccc2)CC1. The highest BCUT2D eigenvalue weighted by Crippen LogP contribution is 2.36. The maximum atomic E-state index is 12.0. The normalized spacial score (nSPS) is 18.9. The fourth-order valence-corrected chi connectivity index (χ4v) is 5.72. The highest BCUT2D eigenvalue weighted by Gasteiger charge is 2.29. The van der Waals surface area contributed by atoms with Crippen LogP contribution in [-0.4, -0.2) is 50.3 Å². The van der Waals surface area contributed by atoms with E-state index in [9.17, 15) is 4.79 Å². The van der Waals surface area contributed by atoms with Gasteiger partial charge < -0.3 is 11.5 Å².